The minimum atomic E-state index is 0.0560. The van der Waals surface area contributed by atoms with Crippen molar-refractivity contribution in [2.75, 3.05) is 6.61 Å². The maximum Gasteiger partial charge on any atom is 0.248 e. The van der Waals surface area contributed by atoms with Gasteiger partial charge in [-0.2, -0.15) is 4.98 Å². The summed E-state index contributed by atoms with van der Waals surface area (Å²) < 4.78 is 6.83. The molecule has 0 aliphatic carbocycles. The normalized spacial score (nSPS) is 10.9. The first-order valence-corrected chi connectivity index (χ1v) is 6.69. The van der Waals surface area contributed by atoms with Crippen molar-refractivity contribution in [2.45, 2.75) is 19.4 Å². The Morgan fingerprint density at radius 1 is 1.19 bits per heavy atom. The van der Waals surface area contributed by atoms with Crippen LogP contribution in [0.15, 0.2) is 41.1 Å². The van der Waals surface area contributed by atoms with Crippen molar-refractivity contribution in [1.29, 1.82) is 0 Å². The van der Waals surface area contributed by atoms with Crippen LogP contribution in [-0.2, 0) is 19.4 Å². The topological polar surface area (TPSA) is 89.9 Å². The van der Waals surface area contributed by atoms with Gasteiger partial charge in [-0.15, -0.1) is 5.10 Å². The van der Waals surface area contributed by atoms with Crippen molar-refractivity contribution in [3.63, 3.8) is 0 Å². The Hall–Kier alpha value is -2.54. The Bertz CT molecular complexity index is 692. The number of aromatic nitrogens is 5. The third-order valence-corrected chi connectivity index (χ3v) is 2.97. The molecule has 21 heavy (non-hydrogen) atoms. The molecule has 0 radical (unpaired) electrons. The quantitative estimate of drug-likeness (QED) is 0.721. The predicted molar refractivity (Wildman–Crippen MR) is 73.5 cm³/mol. The number of rotatable bonds is 6. The zero-order chi connectivity index (χ0) is 14.5. The van der Waals surface area contributed by atoms with Crippen molar-refractivity contribution >= 4 is 0 Å². The Balaban J connectivity index is 1.64. The fourth-order valence-corrected chi connectivity index (χ4v) is 1.99. The summed E-state index contributed by atoms with van der Waals surface area (Å²) in [7, 11) is 0. The molecule has 2 heterocycles. The molecular formula is C14H15N5O2. The molecule has 0 bridgehead atoms. The lowest BCUT2D eigenvalue weighted by molar-refractivity contribution is 0.298. The molecule has 0 amide bonds. The van der Waals surface area contributed by atoms with Gasteiger partial charge in [0.2, 0.25) is 5.89 Å². The summed E-state index contributed by atoms with van der Waals surface area (Å²) in [5, 5.41) is 20.7. The lowest BCUT2D eigenvalue weighted by atomic mass is 10.1. The number of hydrogen-bond acceptors (Lipinski definition) is 6. The van der Waals surface area contributed by atoms with Crippen LogP contribution in [0.5, 0.6) is 0 Å². The Morgan fingerprint density at radius 2 is 2.05 bits per heavy atom. The van der Waals surface area contributed by atoms with E-state index < -0.39 is 0 Å². The molecule has 0 saturated carbocycles. The maximum atomic E-state index is 8.84. The minimum Gasteiger partial charge on any atom is -0.396 e. The molecule has 0 spiro atoms. The van der Waals surface area contributed by atoms with E-state index in [1.807, 2.05) is 30.3 Å². The molecule has 7 nitrogen and oxygen atoms in total. The van der Waals surface area contributed by atoms with E-state index in [9.17, 15) is 0 Å². The van der Waals surface area contributed by atoms with Gasteiger partial charge in [-0.1, -0.05) is 40.7 Å². The maximum absolute atomic E-state index is 8.84. The molecule has 0 saturated heterocycles. The first kappa shape index (κ1) is 13.4. The number of aliphatic hydroxyl groups is 1. The summed E-state index contributed by atoms with van der Waals surface area (Å²) in [5.41, 5.74) is 1.87. The molecule has 0 aliphatic heterocycles. The summed E-state index contributed by atoms with van der Waals surface area (Å²) in [6.45, 7) is 0.431. The molecule has 0 unspecified atom stereocenters. The van der Waals surface area contributed by atoms with E-state index in [2.05, 4.69) is 20.5 Å². The summed E-state index contributed by atoms with van der Waals surface area (Å²) in [5.74, 6) is 1.13. The molecule has 0 atom stereocenters. The summed E-state index contributed by atoms with van der Waals surface area (Å²) in [6, 6.07) is 9.98. The summed E-state index contributed by atoms with van der Waals surface area (Å²) in [4.78, 5) is 4.34. The second-order valence-corrected chi connectivity index (χ2v) is 4.65. The highest BCUT2D eigenvalue weighted by atomic mass is 16.5. The lowest BCUT2D eigenvalue weighted by Gasteiger charge is -1.94. The van der Waals surface area contributed by atoms with Crippen LogP contribution in [0.25, 0.3) is 0 Å². The van der Waals surface area contributed by atoms with Gasteiger partial charge in [-0.25, -0.2) is 4.68 Å². The van der Waals surface area contributed by atoms with Crippen LogP contribution in [0, 0.1) is 0 Å². The molecule has 2 aromatic heterocycles. The first-order chi connectivity index (χ1) is 10.3. The van der Waals surface area contributed by atoms with E-state index in [0.29, 0.717) is 31.1 Å². The van der Waals surface area contributed by atoms with Crippen molar-refractivity contribution in [2.24, 2.45) is 0 Å². The standard InChI is InChI=1S/C14H15N5O2/c20-7-6-12-9-19(18-16-12)10-14-15-13(17-21-14)8-11-4-2-1-3-5-11/h1-5,9,20H,6-8,10H2. The van der Waals surface area contributed by atoms with Gasteiger partial charge >= 0.3 is 0 Å². The lowest BCUT2D eigenvalue weighted by Crippen LogP contribution is -2.01. The van der Waals surface area contributed by atoms with Crippen LogP contribution >= 0.6 is 0 Å². The van der Waals surface area contributed by atoms with Gasteiger partial charge in [-0.05, 0) is 5.56 Å². The Labute approximate surface area is 121 Å². The molecule has 3 rings (SSSR count). The van der Waals surface area contributed by atoms with Crippen LogP contribution in [0.3, 0.4) is 0 Å². The van der Waals surface area contributed by atoms with Gasteiger partial charge in [0.25, 0.3) is 0 Å². The van der Waals surface area contributed by atoms with Crippen LogP contribution < -0.4 is 0 Å². The molecular weight excluding hydrogens is 270 g/mol. The highest BCUT2D eigenvalue weighted by molar-refractivity contribution is 5.18. The number of hydrogen-bond donors (Lipinski definition) is 1. The van der Waals surface area contributed by atoms with E-state index >= 15 is 0 Å². The highest BCUT2D eigenvalue weighted by Crippen LogP contribution is 2.07. The Morgan fingerprint density at radius 3 is 2.86 bits per heavy atom. The third-order valence-electron chi connectivity index (χ3n) is 2.97. The van der Waals surface area contributed by atoms with E-state index in [1.165, 1.54) is 0 Å². The fraction of sp³-hybridized carbons (Fsp3) is 0.286. The van der Waals surface area contributed by atoms with Crippen molar-refractivity contribution < 1.29 is 9.63 Å². The second-order valence-electron chi connectivity index (χ2n) is 4.65. The molecule has 0 fully saturated rings. The average Bonchev–Trinajstić information content (AvgIpc) is 3.11. The zero-order valence-electron chi connectivity index (χ0n) is 11.4. The van der Waals surface area contributed by atoms with E-state index in [1.54, 1.807) is 10.9 Å². The zero-order valence-corrected chi connectivity index (χ0v) is 11.4. The van der Waals surface area contributed by atoms with Gasteiger partial charge in [0, 0.05) is 25.6 Å². The smallest absolute Gasteiger partial charge is 0.248 e. The van der Waals surface area contributed by atoms with E-state index in [4.69, 9.17) is 9.63 Å². The van der Waals surface area contributed by atoms with Crippen molar-refractivity contribution in [1.82, 2.24) is 25.1 Å². The minimum absolute atomic E-state index is 0.0560. The second kappa shape index (κ2) is 6.27. The number of aliphatic hydroxyl groups excluding tert-OH is 1. The molecule has 1 N–H and O–H groups in total. The van der Waals surface area contributed by atoms with E-state index in [-0.39, 0.29) is 6.61 Å². The molecule has 108 valence electrons. The summed E-state index contributed by atoms with van der Waals surface area (Å²) >= 11 is 0. The molecule has 3 aromatic rings. The van der Waals surface area contributed by atoms with Crippen molar-refractivity contribution in [3.8, 4) is 0 Å². The predicted octanol–water partition coefficient (Wildman–Crippen LogP) is 0.835. The molecule has 0 aliphatic rings. The van der Waals surface area contributed by atoms with Crippen LogP contribution in [0.4, 0.5) is 0 Å². The van der Waals surface area contributed by atoms with E-state index in [0.717, 1.165) is 11.3 Å². The van der Waals surface area contributed by atoms with Crippen LogP contribution in [0.2, 0.25) is 0 Å². The van der Waals surface area contributed by atoms with Gasteiger partial charge in [0.1, 0.15) is 6.54 Å². The molecule has 7 heteroatoms. The SMILES string of the molecule is OCCc1cn(Cc2nc(Cc3ccccc3)no2)nn1. The number of benzene rings is 1. The largest absolute Gasteiger partial charge is 0.396 e. The van der Waals surface area contributed by atoms with Gasteiger partial charge in [-0.3, -0.25) is 0 Å². The number of nitrogens with zero attached hydrogens (tertiary/aromatic N) is 5. The first-order valence-electron chi connectivity index (χ1n) is 6.69. The van der Waals surface area contributed by atoms with Gasteiger partial charge in [0.15, 0.2) is 5.82 Å². The Kier molecular flexibility index (Phi) is 4.02. The van der Waals surface area contributed by atoms with Gasteiger partial charge in [0.05, 0.1) is 5.69 Å². The molecule has 1 aromatic carbocycles. The monoisotopic (exact) mass is 285 g/mol. The van der Waals surface area contributed by atoms with Crippen LogP contribution in [0.1, 0.15) is 23.0 Å². The summed E-state index contributed by atoms with van der Waals surface area (Å²) in [6.07, 6.45) is 2.89. The average molecular weight is 285 g/mol. The fourth-order valence-electron chi connectivity index (χ4n) is 1.99. The van der Waals surface area contributed by atoms with Crippen molar-refractivity contribution in [3.05, 3.63) is 59.5 Å². The third kappa shape index (κ3) is 3.51. The highest BCUT2D eigenvalue weighted by Gasteiger charge is 2.09. The van der Waals surface area contributed by atoms with Gasteiger partial charge < -0.3 is 9.63 Å². The van der Waals surface area contributed by atoms with Crippen LogP contribution in [-0.4, -0.2) is 36.8 Å².